The summed E-state index contributed by atoms with van der Waals surface area (Å²) in [4.78, 5) is 23.3. The number of amides is 1. The molecule has 4 nitrogen and oxygen atoms in total. The molecule has 0 aromatic heterocycles. The second-order valence-corrected chi connectivity index (χ2v) is 6.41. The van der Waals surface area contributed by atoms with Gasteiger partial charge in [-0.2, -0.15) is 11.8 Å². The summed E-state index contributed by atoms with van der Waals surface area (Å²) in [7, 11) is 0. The average Bonchev–Trinajstić information content (AvgIpc) is 2.77. The first kappa shape index (κ1) is 15.2. The minimum absolute atomic E-state index is 0.161. The van der Waals surface area contributed by atoms with Crippen molar-refractivity contribution in [2.45, 2.75) is 12.0 Å². The van der Waals surface area contributed by atoms with Crippen LogP contribution in [0.3, 0.4) is 0 Å². The minimum Gasteiger partial charge on any atom is -0.479 e. The molecule has 1 aromatic rings. The van der Waals surface area contributed by atoms with E-state index in [2.05, 4.69) is 21.2 Å². The summed E-state index contributed by atoms with van der Waals surface area (Å²) in [5.41, 5.74) is -2.24. The summed E-state index contributed by atoms with van der Waals surface area (Å²) < 4.78 is 27.5. The third kappa shape index (κ3) is 2.80. The Balaban J connectivity index is 2.31. The highest BCUT2D eigenvalue weighted by molar-refractivity contribution is 9.10. The van der Waals surface area contributed by atoms with Gasteiger partial charge in [-0.1, -0.05) is 15.9 Å². The molecule has 1 aromatic carbocycles. The first-order valence-corrected chi connectivity index (χ1v) is 7.59. The van der Waals surface area contributed by atoms with Crippen LogP contribution in [0.4, 0.5) is 8.78 Å². The van der Waals surface area contributed by atoms with Crippen molar-refractivity contribution in [3.05, 3.63) is 33.8 Å². The molecule has 20 heavy (non-hydrogen) atoms. The number of hydrogen-bond acceptors (Lipinski definition) is 3. The normalized spacial score (nSPS) is 21.8. The number of carboxylic acids is 1. The fraction of sp³-hybridized carbons (Fsp3) is 0.333. The van der Waals surface area contributed by atoms with Crippen LogP contribution >= 0.6 is 27.7 Å². The molecular formula is C12H10BrF2NO3S. The van der Waals surface area contributed by atoms with Crippen molar-refractivity contribution in [1.29, 1.82) is 0 Å². The summed E-state index contributed by atoms with van der Waals surface area (Å²) in [5, 5.41) is 11.5. The lowest BCUT2D eigenvalue weighted by molar-refractivity contribution is -0.143. The number of nitrogens with one attached hydrogen (secondary N) is 1. The van der Waals surface area contributed by atoms with Crippen LogP contribution in [-0.2, 0) is 4.79 Å². The second-order valence-electron chi connectivity index (χ2n) is 4.39. The van der Waals surface area contributed by atoms with Gasteiger partial charge in [0.2, 0.25) is 0 Å². The summed E-state index contributed by atoms with van der Waals surface area (Å²) in [6.07, 6.45) is 0.221. The largest absolute Gasteiger partial charge is 0.479 e. The number of rotatable bonds is 3. The quantitative estimate of drug-likeness (QED) is 0.863. The summed E-state index contributed by atoms with van der Waals surface area (Å²) in [6.45, 7) is 0. The van der Waals surface area contributed by atoms with E-state index in [1.54, 1.807) is 0 Å². The predicted molar refractivity (Wildman–Crippen MR) is 73.8 cm³/mol. The molecule has 1 aliphatic heterocycles. The van der Waals surface area contributed by atoms with Crippen LogP contribution in [-0.4, -0.2) is 34.0 Å². The summed E-state index contributed by atoms with van der Waals surface area (Å²) in [6, 6.07) is 1.91. The van der Waals surface area contributed by atoms with E-state index in [1.807, 2.05) is 0 Å². The van der Waals surface area contributed by atoms with E-state index in [9.17, 15) is 23.5 Å². The van der Waals surface area contributed by atoms with E-state index in [-0.39, 0.29) is 16.6 Å². The molecule has 1 fully saturated rings. The second kappa shape index (κ2) is 5.69. The third-order valence-corrected chi connectivity index (χ3v) is 4.67. The molecule has 1 amide bonds. The van der Waals surface area contributed by atoms with Gasteiger partial charge in [0.05, 0.1) is 0 Å². The van der Waals surface area contributed by atoms with Crippen LogP contribution in [0.2, 0.25) is 0 Å². The summed E-state index contributed by atoms with van der Waals surface area (Å²) >= 11 is 4.28. The molecule has 0 aliphatic carbocycles. The molecule has 0 saturated carbocycles. The maximum Gasteiger partial charge on any atom is 0.330 e. The Morgan fingerprint density at radius 3 is 2.40 bits per heavy atom. The Bertz CT molecular complexity index is 553. The maximum absolute atomic E-state index is 13.7. The molecule has 2 rings (SSSR count). The number of halogens is 3. The molecule has 2 N–H and O–H groups in total. The number of carbonyl (C=O) groups excluding carboxylic acids is 1. The standard InChI is InChI=1S/C12H10BrF2NO3S/c13-6-3-7(14)9(8(15)4-6)10(17)16-12(11(18)19)1-2-20-5-12/h3-4H,1-2,5H2,(H,16,17)(H,18,19). The molecular weight excluding hydrogens is 356 g/mol. The number of hydrogen-bond donors (Lipinski definition) is 2. The van der Waals surface area contributed by atoms with Crippen molar-refractivity contribution >= 4 is 39.6 Å². The van der Waals surface area contributed by atoms with E-state index in [4.69, 9.17) is 0 Å². The van der Waals surface area contributed by atoms with Gasteiger partial charge in [-0.3, -0.25) is 4.79 Å². The Morgan fingerprint density at radius 1 is 1.35 bits per heavy atom. The summed E-state index contributed by atoms with van der Waals surface area (Å²) in [5.74, 6) is -3.60. The van der Waals surface area contributed by atoms with Gasteiger partial charge in [-0.25, -0.2) is 13.6 Å². The minimum atomic E-state index is -1.46. The first-order valence-electron chi connectivity index (χ1n) is 5.64. The van der Waals surface area contributed by atoms with Crippen LogP contribution < -0.4 is 5.32 Å². The van der Waals surface area contributed by atoms with E-state index < -0.39 is 34.6 Å². The van der Waals surface area contributed by atoms with E-state index in [0.29, 0.717) is 5.75 Å². The fourth-order valence-corrected chi connectivity index (χ4v) is 3.65. The molecule has 1 aliphatic rings. The van der Waals surface area contributed by atoms with Gasteiger partial charge >= 0.3 is 5.97 Å². The van der Waals surface area contributed by atoms with Gasteiger partial charge in [0, 0.05) is 10.2 Å². The molecule has 1 atom stereocenters. The molecule has 1 unspecified atom stereocenters. The first-order chi connectivity index (χ1) is 9.35. The topological polar surface area (TPSA) is 66.4 Å². The predicted octanol–water partition coefficient (Wildman–Crippen LogP) is 2.42. The molecule has 108 valence electrons. The lowest BCUT2D eigenvalue weighted by Gasteiger charge is -2.24. The number of benzene rings is 1. The van der Waals surface area contributed by atoms with Crippen LogP contribution in [0, 0.1) is 11.6 Å². The van der Waals surface area contributed by atoms with Crippen molar-refractivity contribution in [2.24, 2.45) is 0 Å². The van der Waals surface area contributed by atoms with Crippen LogP contribution in [0.5, 0.6) is 0 Å². The SMILES string of the molecule is O=C(NC1(C(=O)O)CCSC1)c1c(F)cc(Br)cc1F. The molecule has 1 heterocycles. The fourth-order valence-electron chi connectivity index (χ4n) is 1.92. The Morgan fingerprint density at radius 2 is 1.95 bits per heavy atom. The van der Waals surface area contributed by atoms with Crippen molar-refractivity contribution in [2.75, 3.05) is 11.5 Å². The van der Waals surface area contributed by atoms with Gasteiger partial charge in [0.1, 0.15) is 22.7 Å². The Labute approximate surface area is 126 Å². The smallest absolute Gasteiger partial charge is 0.330 e. The number of thioether (sulfide) groups is 1. The lowest BCUT2D eigenvalue weighted by Crippen LogP contribution is -2.55. The zero-order valence-corrected chi connectivity index (χ0v) is 12.5. The highest BCUT2D eigenvalue weighted by Gasteiger charge is 2.44. The monoisotopic (exact) mass is 365 g/mol. The molecule has 0 radical (unpaired) electrons. The van der Waals surface area contributed by atoms with Gasteiger partial charge in [0.25, 0.3) is 5.91 Å². The van der Waals surface area contributed by atoms with Crippen molar-refractivity contribution in [3.63, 3.8) is 0 Å². The third-order valence-electron chi connectivity index (χ3n) is 3.02. The van der Waals surface area contributed by atoms with Crippen molar-refractivity contribution in [3.8, 4) is 0 Å². The van der Waals surface area contributed by atoms with Gasteiger partial charge in [-0.15, -0.1) is 0 Å². The van der Waals surface area contributed by atoms with E-state index in [1.165, 1.54) is 11.8 Å². The number of carboxylic acid groups (broad SMARTS) is 1. The van der Waals surface area contributed by atoms with Gasteiger partial charge in [0.15, 0.2) is 0 Å². The molecule has 0 spiro atoms. The number of carbonyl (C=O) groups is 2. The highest BCUT2D eigenvalue weighted by atomic mass is 79.9. The average molecular weight is 366 g/mol. The van der Waals surface area contributed by atoms with Crippen molar-refractivity contribution < 1.29 is 23.5 Å². The Kier molecular flexibility index (Phi) is 4.33. The highest BCUT2D eigenvalue weighted by Crippen LogP contribution is 2.29. The zero-order chi connectivity index (χ0) is 14.9. The van der Waals surface area contributed by atoms with Crippen molar-refractivity contribution in [1.82, 2.24) is 5.32 Å². The van der Waals surface area contributed by atoms with E-state index in [0.717, 1.165) is 12.1 Å². The molecule has 1 saturated heterocycles. The maximum atomic E-state index is 13.7. The van der Waals surface area contributed by atoms with Gasteiger partial charge in [-0.05, 0) is 24.3 Å². The Hall–Kier alpha value is -1.15. The van der Waals surface area contributed by atoms with Crippen LogP contribution in [0.15, 0.2) is 16.6 Å². The lowest BCUT2D eigenvalue weighted by atomic mass is 9.98. The number of aliphatic carboxylic acids is 1. The molecule has 0 bridgehead atoms. The van der Waals surface area contributed by atoms with Crippen LogP contribution in [0.25, 0.3) is 0 Å². The van der Waals surface area contributed by atoms with Crippen LogP contribution in [0.1, 0.15) is 16.8 Å². The molecule has 8 heteroatoms. The zero-order valence-electron chi connectivity index (χ0n) is 10.1. The van der Waals surface area contributed by atoms with Gasteiger partial charge < -0.3 is 10.4 Å². The van der Waals surface area contributed by atoms with E-state index >= 15 is 0 Å².